The van der Waals surface area contributed by atoms with Gasteiger partial charge in [0.2, 0.25) is 0 Å². The summed E-state index contributed by atoms with van der Waals surface area (Å²) in [4.78, 5) is 12.8. The van der Waals surface area contributed by atoms with Gasteiger partial charge >= 0.3 is 6.09 Å². The molecule has 106 valence electrons. The molecule has 1 aliphatic heterocycles. The molecular weight excluding hydrogens is 232 g/mol. The van der Waals surface area contributed by atoms with Crippen molar-refractivity contribution < 1.29 is 14.6 Å². The van der Waals surface area contributed by atoms with Gasteiger partial charge in [-0.1, -0.05) is 0 Å². The Morgan fingerprint density at radius 3 is 2.44 bits per heavy atom. The van der Waals surface area contributed by atoms with Crippen LogP contribution in [0.2, 0.25) is 0 Å². The molecule has 1 atom stereocenters. The van der Waals surface area contributed by atoms with Crippen molar-refractivity contribution >= 4 is 6.09 Å². The van der Waals surface area contributed by atoms with Crippen LogP contribution in [0.25, 0.3) is 0 Å². The van der Waals surface area contributed by atoms with Crippen molar-refractivity contribution in [3.63, 3.8) is 0 Å². The van der Waals surface area contributed by atoms with Gasteiger partial charge in [0, 0.05) is 5.54 Å². The van der Waals surface area contributed by atoms with Gasteiger partial charge in [-0.05, 0) is 53.6 Å². The zero-order valence-corrected chi connectivity index (χ0v) is 11.9. The van der Waals surface area contributed by atoms with Crippen LogP contribution in [0.4, 0.5) is 4.79 Å². The molecule has 0 aliphatic carbocycles. The van der Waals surface area contributed by atoms with Gasteiger partial charge in [-0.3, -0.25) is 4.90 Å². The average Bonchev–Trinajstić information content (AvgIpc) is 2.25. The maximum absolute atomic E-state index is 11.3. The Hall–Kier alpha value is -0.810. The van der Waals surface area contributed by atoms with Gasteiger partial charge in [-0.25, -0.2) is 4.79 Å². The summed E-state index contributed by atoms with van der Waals surface area (Å²) in [5.41, 5.74) is -0.400. The van der Waals surface area contributed by atoms with E-state index in [2.05, 4.69) is 5.32 Å². The fourth-order valence-electron chi connectivity index (χ4n) is 2.45. The summed E-state index contributed by atoms with van der Waals surface area (Å²) in [7, 11) is 0. The van der Waals surface area contributed by atoms with Gasteiger partial charge in [-0.15, -0.1) is 0 Å². The Morgan fingerprint density at radius 2 is 2.00 bits per heavy atom. The Kier molecular flexibility index (Phi) is 5.41. The topological polar surface area (TPSA) is 61.8 Å². The number of carbonyl (C=O) groups is 1. The van der Waals surface area contributed by atoms with Crippen molar-refractivity contribution in [2.45, 2.75) is 58.2 Å². The molecule has 0 spiro atoms. The van der Waals surface area contributed by atoms with Crippen LogP contribution in [0.5, 0.6) is 0 Å². The number of ether oxygens (including phenoxy) is 1. The van der Waals surface area contributed by atoms with Gasteiger partial charge in [-0.2, -0.15) is 0 Å². The molecule has 0 unspecified atom stereocenters. The Bertz CT molecular complexity index is 270. The van der Waals surface area contributed by atoms with Gasteiger partial charge in [0.15, 0.2) is 0 Å². The zero-order chi connectivity index (χ0) is 13.8. The van der Waals surface area contributed by atoms with Crippen molar-refractivity contribution in [2.75, 3.05) is 19.7 Å². The van der Waals surface area contributed by atoms with E-state index < -0.39 is 11.6 Å². The monoisotopic (exact) mass is 258 g/mol. The van der Waals surface area contributed by atoms with Crippen molar-refractivity contribution in [3.05, 3.63) is 0 Å². The first-order valence-electron chi connectivity index (χ1n) is 6.67. The number of hydrogen-bond donors (Lipinski definition) is 2. The number of carboxylic acid groups (broad SMARTS) is 1. The van der Waals surface area contributed by atoms with Gasteiger partial charge in [0.25, 0.3) is 0 Å². The first-order valence-corrected chi connectivity index (χ1v) is 6.67. The zero-order valence-electron chi connectivity index (χ0n) is 11.9. The number of amides is 1. The lowest BCUT2D eigenvalue weighted by molar-refractivity contribution is -0.0161. The third-order valence-corrected chi connectivity index (χ3v) is 3.23. The van der Waals surface area contributed by atoms with Crippen LogP contribution in [-0.2, 0) is 4.74 Å². The molecule has 1 saturated heterocycles. The van der Waals surface area contributed by atoms with E-state index in [-0.39, 0.29) is 12.1 Å². The second-order valence-corrected chi connectivity index (χ2v) is 5.96. The molecule has 0 aromatic rings. The number of hydrogen-bond acceptors (Lipinski definition) is 3. The second-order valence-electron chi connectivity index (χ2n) is 5.96. The molecular formula is C13H26N2O3. The van der Waals surface area contributed by atoms with Crippen molar-refractivity contribution in [1.82, 2.24) is 10.2 Å². The second kappa shape index (κ2) is 6.38. The summed E-state index contributed by atoms with van der Waals surface area (Å²) in [6.45, 7) is 10.1. The smallest absolute Gasteiger partial charge is 0.408 e. The highest BCUT2D eigenvalue weighted by atomic mass is 16.5. The number of piperidine rings is 1. The lowest BCUT2D eigenvalue weighted by Crippen LogP contribution is -2.52. The quantitative estimate of drug-likeness (QED) is 0.808. The maximum atomic E-state index is 11.3. The first-order chi connectivity index (χ1) is 8.32. The average molecular weight is 258 g/mol. The predicted octanol–water partition coefficient (Wildman–Crippen LogP) is 1.92. The molecule has 0 saturated carbocycles. The molecule has 1 amide bonds. The van der Waals surface area contributed by atoms with E-state index in [0.717, 1.165) is 25.9 Å². The largest absolute Gasteiger partial charge is 0.465 e. The van der Waals surface area contributed by atoms with Crippen LogP contribution < -0.4 is 5.32 Å². The molecule has 5 nitrogen and oxygen atoms in total. The van der Waals surface area contributed by atoms with Crippen LogP contribution in [0, 0.1) is 0 Å². The molecule has 1 fully saturated rings. The molecule has 0 radical (unpaired) electrons. The SMILES string of the molecule is C[C@@H](COC1CCNCC1)N(C(=O)O)C(C)(C)C. The van der Waals surface area contributed by atoms with Crippen LogP contribution in [0.1, 0.15) is 40.5 Å². The Morgan fingerprint density at radius 1 is 1.44 bits per heavy atom. The molecule has 2 N–H and O–H groups in total. The molecule has 1 heterocycles. The third-order valence-electron chi connectivity index (χ3n) is 3.23. The summed E-state index contributed by atoms with van der Waals surface area (Å²) >= 11 is 0. The minimum Gasteiger partial charge on any atom is -0.465 e. The van der Waals surface area contributed by atoms with Gasteiger partial charge in [0.05, 0.1) is 18.8 Å². The summed E-state index contributed by atoms with van der Waals surface area (Å²) in [5.74, 6) is 0. The van der Waals surface area contributed by atoms with Crippen molar-refractivity contribution in [1.29, 1.82) is 0 Å². The van der Waals surface area contributed by atoms with Crippen LogP contribution in [-0.4, -0.2) is 53.5 Å². The third kappa shape index (κ3) is 4.46. The lowest BCUT2D eigenvalue weighted by atomic mass is 10.0. The van der Waals surface area contributed by atoms with Gasteiger partial charge in [0.1, 0.15) is 0 Å². The number of nitrogens with zero attached hydrogens (tertiary/aromatic N) is 1. The molecule has 1 rings (SSSR count). The summed E-state index contributed by atoms with van der Waals surface area (Å²) < 4.78 is 5.83. The first kappa shape index (κ1) is 15.2. The highest BCUT2D eigenvalue weighted by Gasteiger charge is 2.31. The van der Waals surface area contributed by atoms with E-state index in [4.69, 9.17) is 4.74 Å². The summed E-state index contributed by atoms with van der Waals surface area (Å²) in [6.07, 6.45) is 1.40. The Balaban J connectivity index is 2.46. The highest BCUT2D eigenvalue weighted by Crippen LogP contribution is 2.18. The van der Waals surface area contributed by atoms with E-state index >= 15 is 0 Å². The molecule has 0 aromatic carbocycles. The van der Waals surface area contributed by atoms with E-state index in [1.54, 1.807) is 0 Å². The molecule has 0 aromatic heterocycles. The lowest BCUT2D eigenvalue weighted by Gasteiger charge is -2.38. The van der Waals surface area contributed by atoms with Gasteiger partial charge < -0.3 is 15.2 Å². The number of nitrogens with one attached hydrogen (secondary N) is 1. The fraction of sp³-hybridized carbons (Fsp3) is 0.923. The fourth-order valence-corrected chi connectivity index (χ4v) is 2.45. The summed E-state index contributed by atoms with van der Waals surface area (Å²) in [5, 5.41) is 12.6. The molecule has 5 heteroatoms. The van der Waals surface area contributed by atoms with E-state index in [1.807, 2.05) is 27.7 Å². The van der Waals surface area contributed by atoms with E-state index in [0.29, 0.717) is 6.61 Å². The standard InChI is InChI=1S/C13H26N2O3/c1-10(15(12(16)17)13(2,3)4)9-18-11-5-7-14-8-6-11/h10-11,14H,5-9H2,1-4H3,(H,16,17)/t10-/m0/s1. The van der Waals surface area contributed by atoms with E-state index in [9.17, 15) is 9.90 Å². The van der Waals surface area contributed by atoms with Crippen molar-refractivity contribution in [2.24, 2.45) is 0 Å². The minimum absolute atomic E-state index is 0.127. The summed E-state index contributed by atoms with van der Waals surface area (Å²) in [6, 6.07) is -0.127. The van der Waals surface area contributed by atoms with Crippen LogP contribution in [0.3, 0.4) is 0 Å². The van der Waals surface area contributed by atoms with Crippen LogP contribution in [0.15, 0.2) is 0 Å². The highest BCUT2D eigenvalue weighted by molar-refractivity contribution is 5.66. The van der Waals surface area contributed by atoms with E-state index in [1.165, 1.54) is 4.90 Å². The normalized spacial score (nSPS) is 19.6. The van der Waals surface area contributed by atoms with Crippen molar-refractivity contribution in [3.8, 4) is 0 Å². The Labute approximate surface area is 109 Å². The maximum Gasteiger partial charge on any atom is 0.408 e. The predicted molar refractivity (Wildman–Crippen MR) is 70.9 cm³/mol. The number of rotatable bonds is 4. The molecule has 0 bridgehead atoms. The molecule has 1 aliphatic rings. The minimum atomic E-state index is -0.885. The molecule has 18 heavy (non-hydrogen) atoms. The van der Waals surface area contributed by atoms with Crippen LogP contribution >= 0.6 is 0 Å².